The van der Waals surface area contributed by atoms with Crippen molar-refractivity contribution in [3.05, 3.63) is 0 Å². The minimum absolute atomic E-state index is 0.0417. The summed E-state index contributed by atoms with van der Waals surface area (Å²) in [7, 11) is 0. The van der Waals surface area contributed by atoms with Gasteiger partial charge < -0.3 is 15.9 Å². The molecule has 3 heteroatoms. The Morgan fingerprint density at radius 3 is 2.45 bits per heavy atom. The van der Waals surface area contributed by atoms with Crippen molar-refractivity contribution in [1.82, 2.24) is 0 Å². The molecule has 2 unspecified atom stereocenters. The van der Waals surface area contributed by atoms with Crippen LogP contribution in [0.3, 0.4) is 0 Å². The zero-order valence-electron chi connectivity index (χ0n) is 7.16. The second-order valence-corrected chi connectivity index (χ2v) is 2.95. The van der Waals surface area contributed by atoms with E-state index < -0.39 is 6.10 Å². The molecule has 0 aliphatic heterocycles. The molecule has 0 rings (SSSR count). The molecular weight excluding hydrogens is 142 g/mol. The number of aliphatic hydroxyl groups is 2. The van der Waals surface area contributed by atoms with Crippen molar-refractivity contribution < 1.29 is 10.2 Å². The lowest BCUT2D eigenvalue weighted by Crippen LogP contribution is -2.26. The topological polar surface area (TPSA) is 66.5 Å². The van der Waals surface area contributed by atoms with E-state index in [1.807, 2.05) is 0 Å². The van der Waals surface area contributed by atoms with Gasteiger partial charge in [0, 0.05) is 12.6 Å². The molecule has 68 valence electrons. The summed E-state index contributed by atoms with van der Waals surface area (Å²) in [4.78, 5) is 0. The van der Waals surface area contributed by atoms with Gasteiger partial charge in [-0.2, -0.15) is 0 Å². The largest absolute Gasteiger partial charge is 0.396 e. The van der Waals surface area contributed by atoms with E-state index in [0.29, 0.717) is 12.8 Å². The highest BCUT2D eigenvalue weighted by Gasteiger charge is 2.08. The molecule has 0 saturated carbocycles. The maximum atomic E-state index is 9.21. The first-order valence-electron chi connectivity index (χ1n) is 4.25. The Labute approximate surface area is 68.2 Å². The van der Waals surface area contributed by atoms with Crippen LogP contribution in [0.1, 0.15) is 32.6 Å². The normalized spacial score (nSPS) is 16.4. The highest BCUT2D eigenvalue weighted by molar-refractivity contribution is 4.66. The number of rotatable bonds is 6. The average molecular weight is 161 g/mol. The van der Waals surface area contributed by atoms with Gasteiger partial charge in [0.25, 0.3) is 0 Å². The van der Waals surface area contributed by atoms with Crippen LogP contribution in [0.4, 0.5) is 0 Å². The fourth-order valence-corrected chi connectivity index (χ4v) is 1.10. The zero-order chi connectivity index (χ0) is 8.69. The summed E-state index contributed by atoms with van der Waals surface area (Å²) < 4.78 is 0. The van der Waals surface area contributed by atoms with Gasteiger partial charge in [0.2, 0.25) is 0 Å². The molecule has 0 heterocycles. The quantitative estimate of drug-likeness (QED) is 0.523. The van der Waals surface area contributed by atoms with Gasteiger partial charge in [0.1, 0.15) is 0 Å². The van der Waals surface area contributed by atoms with Crippen LogP contribution < -0.4 is 5.73 Å². The molecule has 0 spiro atoms. The van der Waals surface area contributed by atoms with Crippen molar-refractivity contribution in [2.24, 2.45) is 5.73 Å². The van der Waals surface area contributed by atoms with E-state index in [4.69, 9.17) is 10.8 Å². The van der Waals surface area contributed by atoms with Gasteiger partial charge in [-0.15, -0.1) is 0 Å². The molecule has 3 nitrogen and oxygen atoms in total. The molecule has 0 bridgehead atoms. The molecule has 0 amide bonds. The van der Waals surface area contributed by atoms with Gasteiger partial charge in [-0.3, -0.25) is 0 Å². The van der Waals surface area contributed by atoms with Crippen LogP contribution in [0.5, 0.6) is 0 Å². The maximum absolute atomic E-state index is 9.21. The third kappa shape index (κ3) is 6.28. The van der Waals surface area contributed by atoms with E-state index in [1.165, 1.54) is 0 Å². The smallest absolute Gasteiger partial charge is 0.0576 e. The van der Waals surface area contributed by atoms with Gasteiger partial charge in [-0.05, 0) is 19.3 Å². The monoisotopic (exact) mass is 161 g/mol. The summed E-state index contributed by atoms with van der Waals surface area (Å²) in [5.74, 6) is 0. The lowest BCUT2D eigenvalue weighted by molar-refractivity contribution is 0.117. The van der Waals surface area contributed by atoms with Crippen molar-refractivity contribution in [2.45, 2.75) is 44.8 Å². The molecule has 0 aromatic rings. The summed E-state index contributed by atoms with van der Waals surface area (Å²) in [6.45, 7) is 2.11. The van der Waals surface area contributed by atoms with Crippen molar-refractivity contribution in [1.29, 1.82) is 0 Å². The first kappa shape index (κ1) is 10.9. The second kappa shape index (κ2) is 6.58. The number of aliphatic hydroxyl groups excluding tert-OH is 2. The Bertz CT molecular complexity index is 78.2. The van der Waals surface area contributed by atoms with Gasteiger partial charge in [-0.25, -0.2) is 0 Å². The highest BCUT2D eigenvalue weighted by atomic mass is 16.3. The molecule has 0 fully saturated rings. The summed E-state index contributed by atoms with van der Waals surface area (Å²) in [5.41, 5.74) is 5.67. The molecule has 2 atom stereocenters. The Kier molecular flexibility index (Phi) is 6.51. The summed E-state index contributed by atoms with van der Waals surface area (Å²) in [6, 6.07) is 0.0848. The van der Waals surface area contributed by atoms with Crippen LogP contribution in [0.2, 0.25) is 0 Å². The van der Waals surface area contributed by atoms with E-state index >= 15 is 0 Å². The molecule has 0 aliphatic carbocycles. The summed E-state index contributed by atoms with van der Waals surface area (Å²) >= 11 is 0. The Morgan fingerprint density at radius 2 is 2.00 bits per heavy atom. The average Bonchev–Trinajstić information content (AvgIpc) is 1.87. The lowest BCUT2D eigenvalue weighted by atomic mass is 10.0. The molecule has 0 aliphatic rings. The first-order valence-corrected chi connectivity index (χ1v) is 4.25. The van der Waals surface area contributed by atoms with Gasteiger partial charge in [-0.1, -0.05) is 13.3 Å². The zero-order valence-corrected chi connectivity index (χ0v) is 7.16. The van der Waals surface area contributed by atoms with Crippen molar-refractivity contribution in [3.8, 4) is 0 Å². The van der Waals surface area contributed by atoms with E-state index in [1.54, 1.807) is 0 Å². The molecule has 0 aromatic heterocycles. The van der Waals surface area contributed by atoms with Crippen molar-refractivity contribution >= 4 is 0 Å². The third-order valence-electron chi connectivity index (χ3n) is 1.70. The minimum Gasteiger partial charge on any atom is -0.396 e. The van der Waals surface area contributed by atoms with E-state index in [2.05, 4.69) is 6.92 Å². The highest BCUT2D eigenvalue weighted by Crippen LogP contribution is 2.04. The Balaban J connectivity index is 3.32. The minimum atomic E-state index is -0.429. The van der Waals surface area contributed by atoms with Gasteiger partial charge >= 0.3 is 0 Å². The van der Waals surface area contributed by atoms with Crippen LogP contribution in [-0.2, 0) is 0 Å². The van der Waals surface area contributed by atoms with E-state index in [9.17, 15) is 5.11 Å². The third-order valence-corrected chi connectivity index (χ3v) is 1.70. The standard InChI is InChI=1S/C8H19NO2/c1-2-3-7(9)6-8(11)4-5-10/h7-8,10-11H,2-6,9H2,1H3. The van der Waals surface area contributed by atoms with E-state index in [0.717, 1.165) is 12.8 Å². The number of hydrogen-bond acceptors (Lipinski definition) is 3. The van der Waals surface area contributed by atoms with Crippen LogP contribution >= 0.6 is 0 Å². The fourth-order valence-electron chi connectivity index (χ4n) is 1.10. The summed E-state index contributed by atoms with van der Waals surface area (Å²) in [6.07, 6.45) is 2.61. The predicted molar refractivity (Wildman–Crippen MR) is 45.2 cm³/mol. The first-order chi connectivity index (χ1) is 5.20. The molecule has 0 aromatic carbocycles. The van der Waals surface area contributed by atoms with Gasteiger partial charge in [0.05, 0.1) is 6.10 Å². The van der Waals surface area contributed by atoms with Crippen LogP contribution in [0, 0.1) is 0 Å². The molecule has 4 N–H and O–H groups in total. The molecule has 11 heavy (non-hydrogen) atoms. The van der Waals surface area contributed by atoms with Crippen LogP contribution in [0.15, 0.2) is 0 Å². The van der Waals surface area contributed by atoms with Crippen molar-refractivity contribution in [2.75, 3.05) is 6.61 Å². The van der Waals surface area contributed by atoms with Crippen LogP contribution in [-0.4, -0.2) is 29.0 Å². The molecular formula is C8H19NO2. The second-order valence-electron chi connectivity index (χ2n) is 2.95. The predicted octanol–water partition coefficient (Wildman–Crippen LogP) is 0.247. The fraction of sp³-hybridized carbons (Fsp3) is 1.00. The molecule has 0 saturated heterocycles. The van der Waals surface area contributed by atoms with Gasteiger partial charge in [0.15, 0.2) is 0 Å². The SMILES string of the molecule is CCCC(N)CC(O)CCO. The maximum Gasteiger partial charge on any atom is 0.0576 e. The van der Waals surface area contributed by atoms with E-state index in [-0.39, 0.29) is 12.6 Å². The van der Waals surface area contributed by atoms with Crippen LogP contribution in [0.25, 0.3) is 0 Å². The lowest BCUT2D eigenvalue weighted by Gasteiger charge is -2.14. The molecule has 0 radical (unpaired) electrons. The summed E-state index contributed by atoms with van der Waals surface area (Å²) in [5, 5.41) is 17.7. The number of hydrogen-bond donors (Lipinski definition) is 3. The number of nitrogens with two attached hydrogens (primary N) is 1. The Hall–Kier alpha value is -0.120. The Morgan fingerprint density at radius 1 is 1.36 bits per heavy atom. The van der Waals surface area contributed by atoms with Crippen molar-refractivity contribution in [3.63, 3.8) is 0 Å².